The maximum Gasteiger partial charge on any atom is 0.235 e. The van der Waals surface area contributed by atoms with Gasteiger partial charge in [0, 0.05) is 24.7 Å². The van der Waals surface area contributed by atoms with Gasteiger partial charge in [-0.25, -0.2) is 8.42 Å². The summed E-state index contributed by atoms with van der Waals surface area (Å²) in [6.07, 6.45) is 0.954. The lowest BCUT2D eigenvalue weighted by Gasteiger charge is -2.20. The number of nitrogens with zero attached hydrogens (tertiary/aromatic N) is 1. The van der Waals surface area contributed by atoms with Crippen LogP contribution in [0.3, 0.4) is 0 Å². The van der Waals surface area contributed by atoms with Crippen molar-refractivity contribution in [2.75, 3.05) is 29.0 Å². The molecule has 1 aliphatic rings. The highest BCUT2D eigenvalue weighted by molar-refractivity contribution is 7.93. The molecule has 1 N–H and O–H groups in total. The molecule has 1 heterocycles. The fraction of sp³-hybridized carbons (Fsp3) is 0.350. The number of amides is 1. The van der Waals surface area contributed by atoms with E-state index in [2.05, 4.69) is 5.32 Å². The minimum Gasteiger partial charge on any atom is -0.494 e. The molecule has 7 heteroatoms. The van der Waals surface area contributed by atoms with Crippen LogP contribution in [0.25, 0.3) is 0 Å². The van der Waals surface area contributed by atoms with Gasteiger partial charge in [0.15, 0.2) is 0 Å². The van der Waals surface area contributed by atoms with E-state index in [1.165, 1.54) is 11.4 Å². The molecule has 6 nitrogen and oxygen atoms in total. The zero-order valence-electron chi connectivity index (χ0n) is 15.5. The predicted molar refractivity (Wildman–Crippen MR) is 107 cm³/mol. The summed E-state index contributed by atoms with van der Waals surface area (Å²) in [7, 11) is -1.80. The van der Waals surface area contributed by atoms with Gasteiger partial charge in [-0.3, -0.25) is 9.10 Å². The Hall–Kier alpha value is -2.54. The molecule has 0 spiro atoms. The normalized spacial score (nSPS) is 16.7. The largest absolute Gasteiger partial charge is 0.494 e. The van der Waals surface area contributed by atoms with Crippen molar-refractivity contribution in [3.05, 3.63) is 54.1 Å². The fourth-order valence-electron chi connectivity index (χ4n) is 3.26. The number of carbonyl (C=O) groups excluding carboxylic acids is 1. The molecule has 3 rings (SSSR count). The molecule has 1 aliphatic heterocycles. The van der Waals surface area contributed by atoms with E-state index in [4.69, 9.17) is 4.74 Å². The number of methoxy groups -OCH3 is 1. The van der Waals surface area contributed by atoms with Crippen molar-refractivity contribution >= 4 is 27.3 Å². The third-order valence-corrected chi connectivity index (χ3v) is 6.55. The van der Waals surface area contributed by atoms with Gasteiger partial charge in [0.2, 0.25) is 15.9 Å². The number of rotatable bonds is 6. The monoisotopic (exact) mass is 388 g/mol. The smallest absolute Gasteiger partial charge is 0.235 e. The Labute approximate surface area is 160 Å². The van der Waals surface area contributed by atoms with Crippen molar-refractivity contribution < 1.29 is 17.9 Å². The lowest BCUT2D eigenvalue weighted by Crippen LogP contribution is -2.25. The molecule has 27 heavy (non-hydrogen) atoms. The van der Waals surface area contributed by atoms with Crippen molar-refractivity contribution in [1.82, 2.24) is 0 Å². The number of benzene rings is 2. The zero-order valence-corrected chi connectivity index (χ0v) is 16.3. The average molecular weight is 388 g/mol. The van der Waals surface area contributed by atoms with Crippen LogP contribution in [0.1, 0.15) is 31.2 Å². The summed E-state index contributed by atoms with van der Waals surface area (Å²) in [5.74, 6) is 0.567. The summed E-state index contributed by atoms with van der Waals surface area (Å²) in [6.45, 7) is 2.45. The number of sulfonamides is 1. The molecule has 1 atom stereocenters. The van der Waals surface area contributed by atoms with Gasteiger partial charge >= 0.3 is 0 Å². The number of carbonyl (C=O) groups is 1. The molecule has 144 valence electrons. The second kappa shape index (κ2) is 8.00. The summed E-state index contributed by atoms with van der Waals surface area (Å²) < 4.78 is 31.0. The molecule has 0 bridgehead atoms. The second-order valence-electron chi connectivity index (χ2n) is 6.69. The van der Waals surface area contributed by atoms with Crippen molar-refractivity contribution in [2.45, 2.75) is 25.7 Å². The van der Waals surface area contributed by atoms with Gasteiger partial charge in [-0.2, -0.15) is 0 Å². The molecule has 1 amide bonds. The van der Waals surface area contributed by atoms with Crippen molar-refractivity contribution in [3.63, 3.8) is 0 Å². The van der Waals surface area contributed by atoms with Gasteiger partial charge in [-0.05, 0) is 30.0 Å². The summed E-state index contributed by atoms with van der Waals surface area (Å²) >= 11 is 0. The van der Waals surface area contributed by atoms with Crippen LogP contribution in [0.4, 0.5) is 11.4 Å². The molecule has 0 radical (unpaired) electrons. The van der Waals surface area contributed by atoms with Crippen LogP contribution in [0.2, 0.25) is 0 Å². The van der Waals surface area contributed by atoms with Crippen molar-refractivity contribution in [2.24, 2.45) is 0 Å². The van der Waals surface area contributed by atoms with E-state index in [1.54, 1.807) is 18.2 Å². The van der Waals surface area contributed by atoms with E-state index < -0.39 is 10.0 Å². The van der Waals surface area contributed by atoms with Crippen LogP contribution in [-0.4, -0.2) is 33.7 Å². The lowest BCUT2D eigenvalue weighted by atomic mass is 9.97. The second-order valence-corrected chi connectivity index (χ2v) is 8.71. The minimum absolute atomic E-state index is 0.0992. The Kier molecular flexibility index (Phi) is 5.70. The number of hydrogen-bond acceptors (Lipinski definition) is 4. The zero-order chi connectivity index (χ0) is 19.4. The first-order valence-electron chi connectivity index (χ1n) is 8.94. The van der Waals surface area contributed by atoms with Crippen molar-refractivity contribution in [3.8, 4) is 5.75 Å². The molecular formula is C20H24N2O4S. The van der Waals surface area contributed by atoms with E-state index in [9.17, 15) is 13.2 Å². The van der Waals surface area contributed by atoms with Crippen LogP contribution >= 0.6 is 0 Å². The molecule has 2 aromatic rings. The SMILES string of the molecule is COc1cc(NC(=O)CC(C)c2ccccc2)ccc1N1CCCS1(=O)=O. The molecule has 0 saturated carbocycles. The van der Waals surface area contributed by atoms with E-state index in [1.807, 2.05) is 37.3 Å². The van der Waals surface area contributed by atoms with E-state index >= 15 is 0 Å². The predicted octanol–water partition coefficient (Wildman–Crippen LogP) is 3.37. The molecule has 1 fully saturated rings. The topological polar surface area (TPSA) is 75.7 Å². The molecule has 2 aromatic carbocycles. The number of hydrogen-bond donors (Lipinski definition) is 1. The standard InChI is InChI=1S/C20H24N2O4S/c1-15(16-7-4-3-5-8-16)13-20(23)21-17-9-10-18(19(14-17)26-2)22-11-6-12-27(22,24)25/h3-5,7-10,14-15H,6,11-13H2,1-2H3,(H,21,23). The van der Waals surface area contributed by atoms with E-state index in [0.717, 1.165) is 5.56 Å². The highest BCUT2D eigenvalue weighted by Crippen LogP contribution is 2.35. The Bertz CT molecular complexity index is 913. The summed E-state index contributed by atoms with van der Waals surface area (Å²) in [5, 5.41) is 2.87. The van der Waals surface area contributed by atoms with Gasteiger partial charge in [0.25, 0.3) is 0 Å². The van der Waals surface area contributed by atoms with Gasteiger partial charge in [0.1, 0.15) is 5.75 Å². The van der Waals surface area contributed by atoms with Crippen molar-refractivity contribution in [1.29, 1.82) is 0 Å². The maximum absolute atomic E-state index is 12.4. The van der Waals surface area contributed by atoms with Crippen LogP contribution in [0.15, 0.2) is 48.5 Å². The maximum atomic E-state index is 12.4. The number of anilines is 2. The molecule has 0 aliphatic carbocycles. The van der Waals surface area contributed by atoms with Crippen LogP contribution < -0.4 is 14.4 Å². The first kappa shape index (κ1) is 19.2. The van der Waals surface area contributed by atoms with Gasteiger partial charge in [0.05, 0.1) is 18.6 Å². The van der Waals surface area contributed by atoms with Crippen LogP contribution in [0.5, 0.6) is 5.75 Å². The lowest BCUT2D eigenvalue weighted by molar-refractivity contribution is -0.116. The highest BCUT2D eigenvalue weighted by Gasteiger charge is 2.30. The minimum atomic E-state index is -3.29. The Morgan fingerprint density at radius 3 is 2.59 bits per heavy atom. The molecular weight excluding hydrogens is 364 g/mol. The summed E-state index contributed by atoms with van der Waals surface area (Å²) in [5.41, 5.74) is 2.20. The van der Waals surface area contributed by atoms with Gasteiger partial charge in [-0.1, -0.05) is 37.3 Å². The van der Waals surface area contributed by atoms with Gasteiger partial charge < -0.3 is 10.1 Å². The Morgan fingerprint density at radius 2 is 1.96 bits per heavy atom. The fourth-order valence-corrected chi connectivity index (χ4v) is 4.83. The first-order valence-corrected chi connectivity index (χ1v) is 10.5. The van der Waals surface area contributed by atoms with Crippen LogP contribution in [-0.2, 0) is 14.8 Å². The molecule has 1 unspecified atom stereocenters. The Morgan fingerprint density at radius 1 is 1.22 bits per heavy atom. The quantitative estimate of drug-likeness (QED) is 0.823. The molecule has 1 saturated heterocycles. The van der Waals surface area contributed by atoms with E-state index in [0.29, 0.717) is 36.5 Å². The summed E-state index contributed by atoms with van der Waals surface area (Å²) in [6, 6.07) is 14.9. The highest BCUT2D eigenvalue weighted by atomic mass is 32.2. The Balaban J connectivity index is 1.71. The summed E-state index contributed by atoms with van der Waals surface area (Å²) in [4.78, 5) is 12.4. The molecule has 0 aromatic heterocycles. The number of nitrogens with one attached hydrogen (secondary N) is 1. The number of ether oxygens (including phenoxy) is 1. The van der Waals surface area contributed by atoms with Crippen LogP contribution in [0, 0.1) is 0 Å². The average Bonchev–Trinajstić information content (AvgIpc) is 3.01. The third-order valence-electron chi connectivity index (χ3n) is 4.69. The van der Waals surface area contributed by atoms with E-state index in [-0.39, 0.29) is 17.6 Å². The van der Waals surface area contributed by atoms with Gasteiger partial charge in [-0.15, -0.1) is 0 Å². The third kappa shape index (κ3) is 4.42. The first-order chi connectivity index (χ1) is 12.9.